The van der Waals surface area contributed by atoms with Crippen LogP contribution < -0.4 is 11.1 Å². The fourth-order valence-electron chi connectivity index (χ4n) is 2.13. The number of nitrogens with two attached hydrogens (primary N) is 1. The Morgan fingerprint density at radius 2 is 2.42 bits per heavy atom. The van der Waals surface area contributed by atoms with Crippen molar-refractivity contribution < 1.29 is 13.9 Å². The van der Waals surface area contributed by atoms with Crippen LogP contribution in [0.1, 0.15) is 24.4 Å². The number of halogens is 2. The minimum Gasteiger partial charge on any atom is -0.377 e. The van der Waals surface area contributed by atoms with Gasteiger partial charge in [-0.3, -0.25) is 10.1 Å². The Balaban J connectivity index is 2.05. The molecular formula is C13H16BrFN2O2. The molecule has 1 saturated heterocycles. The summed E-state index contributed by atoms with van der Waals surface area (Å²) in [5.74, 6) is -0.942. The Labute approximate surface area is 119 Å². The number of hydrogen-bond acceptors (Lipinski definition) is 3. The number of ether oxygens (including phenoxy) is 1. The van der Waals surface area contributed by atoms with Gasteiger partial charge in [-0.05, 0) is 46.5 Å². The standard InChI is InChI=1S/C13H16BrFN2O2/c14-10-4-3-8(6-11(10)15)12(13(16)18)17-7-9-2-1-5-19-9/h3-4,6,9,12,17H,1-2,5,7H2,(H2,16,18). The minimum atomic E-state index is -0.702. The van der Waals surface area contributed by atoms with Gasteiger partial charge in [-0.25, -0.2) is 4.39 Å². The first-order valence-electron chi connectivity index (χ1n) is 6.17. The van der Waals surface area contributed by atoms with E-state index in [-0.39, 0.29) is 6.10 Å². The summed E-state index contributed by atoms with van der Waals surface area (Å²) in [7, 11) is 0. The van der Waals surface area contributed by atoms with E-state index in [4.69, 9.17) is 10.5 Å². The molecule has 0 aromatic heterocycles. The Bertz CT molecular complexity index is 464. The van der Waals surface area contributed by atoms with Crippen LogP contribution in [0.25, 0.3) is 0 Å². The zero-order valence-corrected chi connectivity index (χ0v) is 12.0. The number of hydrogen-bond donors (Lipinski definition) is 2. The molecule has 0 saturated carbocycles. The fourth-order valence-corrected chi connectivity index (χ4v) is 2.38. The van der Waals surface area contributed by atoms with Crippen LogP contribution in [0.2, 0.25) is 0 Å². The van der Waals surface area contributed by atoms with Crippen molar-refractivity contribution in [1.29, 1.82) is 0 Å². The molecule has 6 heteroatoms. The van der Waals surface area contributed by atoms with Crippen molar-refractivity contribution in [2.24, 2.45) is 5.73 Å². The van der Waals surface area contributed by atoms with Crippen LogP contribution in [-0.4, -0.2) is 25.2 Å². The van der Waals surface area contributed by atoms with E-state index >= 15 is 0 Å². The SMILES string of the molecule is NC(=O)C(NCC1CCCO1)c1ccc(Br)c(F)c1. The molecule has 0 bridgehead atoms. The van der Waals surface area contributed by atoms with Crippen LogP contribution in [-0.2, 0) is 9.53 Å². The second kappa shape index (κ2) is 6.45. The molecule has 1 aromatic carbocycles. The third kappa shape index (κ3) is 3.75. The fraction of sp³-hybridized carbons (Fsp3) is 0.462. The maximum atomic E-state index is 13.5. The van der Waals surface area contributed by atoms with E-state index in [9.17, 15) is 9.18 Å². The van der Waals surface area contributed by atoms with E-state index in [1.165, 1.54) is 6.07 Å². The highest BCUT2D eigenvalue weighted by atomic mass is 79.9. The van der Waals surface area contributed by atoms with Gasteiger partial charge in [0.05, 0.1) is 10.6 Å². The molecule has 1 amide bonds. The average Bonchev–Trinajstić information content (AvgIpc) is 2.86. The van der Waals surface area contributed by atoms with Gasteiger partial charge >= 0.3 is 0 Å². The molecular weight excluding hydrogens is 315 g/mol. The molecule has 2 atom stereocenters. The normalized spacial score (nSPS) is 20.4. The number of amides is 1. The largest absolute Gasteiger partial charge is 0.377 e. The van der Waals surface area contributed by atoms with Crippen molar-refractivity contribution in [2.45, 2.75) is 25.0 Å². The lowest BCUT2D eigenvalue weighted by atomic mass is 10.1. The second-order valence-electron chi connectivity index (χ2n) is 4.55. The Morgan fingerprint density at radius 1 is 1.63 bits per heavy atom. The lowest BCUT2D eigenvalue weighted by molar-refractivity contribution is -0.120. The highest BCUT2D eigenvalue weighted by Gasteiger charge is 2.22. The van der Waals surface area contributed by atoms with Gasteiger partial charge in [-0.2, -0.15) is 0 Å². The summed E-state index contributed by atoms with van der Waals surface area (Å²) in [6.07, 6.45) is 2.09. The zero-order valence-electron chi connectivity index (χ0n) is 10.4. The van der Waals surface area contributed by atoms with E-state index in [1.807, 2.05) is 0 Å². The van der Waals surface area contributed by atoms with Crippen molar-refractivity contribution in [1.82, 2.24) is 5.32 Å². The lowest BCUT2D eigenvalue weighted by Gasteiger charge is -2.18. The van der Waals surface area contributed by atoms with E-state index in [1.54, 1.807) is 12.1 Å². The van der Waals surface area contributed by atoms with Crippen molar-refractivity contribution in [3.05, 3.63) is 34.1 Å². The second-order valence-corrected chi connectivity index (χ2v) is 5.41. The minimum absolute atomic E-state index is 0.0992. The molecule has 2 rings (SSSR count). The van der Waals surface area contributed by atoms with E-state index in [0.29, 0.717) is 16.6 Å². The Kier molecular flexibility index (Phi) is 4.90. The summed E-state index contributed by atoms with van der Waals surface area (Å²) < 4.78 is 19.3. The van der Waals surface area contributed by atoms with Crippen molar-refractivity contribution in [2.75, 3.05) is 13.2 Å². The summed E-state index contributed by atoms with van der Waals surface area (Å²) in [6.45, 7) is 1.28. The summed E-state index contributed by atoms with van der Waals surface area (Å²) in [4.78, 5) is 11.5. The van der Waals surface area contributed by atoms with Crippen LogP contribution in [0.15, 0.2) is 22.7 Å². The Morgan fingerprint density at radius 3 is 3.00 bits per heavy atom. The first-order valence-corrected chi connectivity index (χ1v) is 6.96. The molecule has 0 aliphatic carbocycles. The smallest absolute Gasteiger partial charge is 0.239 e. The summed E-state index contributed by atoms with van der Waals surface area (Å²) in [6, 6.07) is 3.84. The predicted molar refractivity (Wildman–Crippen MR) is 73.0 cm³/mol. The molecule has 1 aliphatic rings. The third-order valence-electron chi connectivity index (χ3n) is 3.14. The highest BCUT2D eigenvalue weighted by Crippen LogP contribution is 2.21. The first kappa shape index (κ1) is 14.4. The first-order chi connectivity index (χ1) is 9.08. The molecule has 104 valence electrons. The quantitative estimate of drug-likeness (QED) is 0.866. The predicted octanol–water partition coefficient (Wildman–Crippen LogP) is 1.88. The van der Waals surface area contributed by atoms with Crippen LogP contribution in [0.4, 0.5) is 4.39 Å². The molecule has 1 aliphatic heterocycles. The van der Waals surface area contributed by atoms with E-state index in [2.05, 4.69) is 21.2 Å². The third-order valence-corrected chi connectivity index (χ3v) is 3.78. The molecule has 3 N–H and O–H groups in total. The van der Waals surface area contributed by atoms with Gasteiger partial charge < -0.3 is 10.5 Å². The monoisotopic (exact) mass is 330 g/mol. The Hall–Kier alpha value is -0.980. The maximum absolute atomic E-state index is 13.5. The number of rotatable bonds is 5. The number of carbonyl (C=O) groups excluding carboxylic acids is 1. The molecule has 4 nitrogen and oxygen atoms in total. The van der Waals surface area contributed by atoms with Crippen LogP contribution in [0.5, 0.6) is 0 Å². The molecule has 1 fully saturated rings. The van der Waals surface area contributed by atoms with Crippen LogP contribution in [0, 0.1) is 5.82 Å². The van der Waals surface area contributed by atoms with Gasteiger partial charge in [-0.1, -0.05) is 6.07 Å². The van der Waals surface area contributed by atoms with Crippen molar-refractivity contribution in [3.63, 3.8) is 0 Å². The molecule has 2 unspecified atom stereocenters. The van der Waals surface area contributed by atoms with Crippen molar-refractivity contribution >= 4 is 21.8 Å². The number of primary amides is 1. The van der Waals surface area contributed by atoms with Gasteiger partial charge in [0.15, 0.2) is 0 Å². The van der Waals surface area contributed by atoms with Crippen molar-refractivity contribution in [3.8, 4) is 0 Å². The number of benzene rings is 1. The molecule has 19 heavy (non-hydrogen) atoms. The van der Waals surface area contributed by atoms with Gasteiger partial charge in [0.25, 0.3) is 0 Å². The molecule has 0 radical (unpaired) electrons. The van der Waals surface area contributed by atoms with Gasteiger partial charge in [-0.15, -0.1) is 0 Å². The number of carbonyl (C=O) groups is 1. The van der Waals surface area contributed by atoms with Gasteiger partial charge in [0.1, 0.15) is 11.9 Å². The van der Waals surface area contributed by atoms with E-state index < -0.39 is 17.8 Å². The van der Waals surface area contributed by atoms with Crippen LogP contribution in [0.3, 0.4) is 0 Å². The molecule has 0 spiro atoms. The van der Waals surface area contributed by atoms with Gasteiger partial charge in [0.2, 0.25) is 5.91 Å². The summed E-state index contributed by atoms with van der Waals surface area (Å²) >= 11 is 3.08. The maximum Gasteiger partial charge on any atom is 0.239 e. The summed E-state index contributed by atoms with van der Waals surface area (Å²) in [5, 5.41) is 3.04. The number of nitrogens with one attached hydrogen (secondary N) is 1. The zero-order chi connectivity index (χ0) is 13.8. The highest BCUT2D eigenvalue weighted by molar-refractivity contribution is 9.10. The molecule has 1 aromatic rings. The average molecular weight is 331 g/mol. The van der Waals surface area contributed by atoms with E-state index in [0.717, 1.165) is 19.4 Å². The lowest BCUT2D eigenvalue weighted by Crippen LogP contribution is -2.37. The van der Waals surface area contributed by atoms with Gasteiger partial charge in [0, 0.05) is 13.2 Å². The van der Waals surface area contributed by atoms with Crippen LogP contribution >= 0.6 is 15.9 Å². The molecule has 1 heterocycles. The topological polar surface area (TPSA) is 64.4 Å². The summed E-state index contributed by atoms with van der Waals surface area (Å²) in [5.41, 5.74) is 5.88.